The van der Waals surface area contributed by atoms with Gasteiger partial charge in [-0.15, -0.1) is 11.3 Å². The molecule has 0 unspecified atom stereocenters. The van der Waals surface area contributed by atoms with Crippen LogP contribution in [0.1, 0.15) is 46.6 Å². The minimum atomic E-state index is -0.893. The molecule has 0 amide bonds. The molecule has 4 N–H and O–H groups in total. The zero-order valence-corrected chi connectivity index (χ0v) is 17.9. The maximum absolute atomic E-state index is 12.3. The quantitative estimate of drug-likeness (QED) is 0.429. The highest BCUT2D eigenvalue weighted by Crippen LogP contribution is 2.45. The second kappa shape index (κ2) is 7.83. The first-order valence-electron chi connectivity index (χ1n) is 9.93. The fourth-order valence-electron chi connectivity index (χ4n) is 4.18. The van der Waals surface area contributed by atoms with Crippen molar-refractivity contribution in [3.8, 4) is 16.1 Å². The van der Waals surface area contributed by atoms with Gasteiger partial charge >= 0.3 is 5.97 Å². The minimum absolute atomic E-state index is 0.0928. The highest BCUT2D eigenvalue weighted by atomic mass is 32.1. The van der Waals surface area contributed by atoms with Gasteiger partial charge in [0.2, 0.25) is 0 Å². The molecular formula is C23H25N3O3S. The molecular weight excluding hydrogens is 398 g/mol. The van der Waals surface area contributed by atoms with E-state index in [0.29, 0.717) is 17.8 Å². The van der Waals surface area contributed by atoms with Gasteiger partial charge in [-0.05, 0) is 59.6 Å². The Balaban J connectivity index is 1.89. The third-order valence-corrected chi connectivity index (χ3v) is 7.04. The molecule has 30 heavy (non-hydrogen) atoms. The van der Waals surface area contributed by atoms with Crippen LogP contribution in [-0.4, -0.2) is 15.6 Å². The van der Waals surface area contributed by atoms with Gasteiger partial charge in [-0.1, -0.05) is 26.0 Å². The van der Waals surface area contributed by atoms with Crippen LogP contribution in [0.3, 0.4) is 0 Å². The number of benzene rings is 1. The number of carboxylic acid groups (broad SMARTS) is 1. The van der Waals surface area contributed by atoms with Crippen molar-refractivity contribution < 1.29 is 9.90 Å². The first-order chi connectivity index (χ1) is 14.3. The van der Waals surface area contributed by atoms with Gasteiger partial charge in [0, 0.05) is 34.2 Å². The largest absolute Gasteiger partial charge is 0.478 e. The summed E-state index contributed by atoms with van der Waals surface area (Å²) in [5.41, 5.74) is 6.43. The molecule has 156 valence electrons. The van der Waals surface area contributed by atoms with Gasteiger partial charge in [-0.2, -0.15) is 0 Å². The normalized spacial score (nSPS) is 15.0. The number of hydrogen-bond acceptors (Lipinski definition) is 5. The molecule has 6 nitrogen and oxygen atoms in total. The standard InChI is InChI=1S/C23H25N3O3S/c1-23(2)9-8-18-17(12-23)20(22(28)29)21(30-18)16-7-6-15(11-14(16)13-25-24)26-10-4-3-5-19(26)27/h3-7,10-11,25H,8-9,12-13,24H2,1-2H3,(H,28,29). The molecule has 7 heteroatoms. The van der Waals surface area contributed by atoms with E-state index in [1.54, 1.807) is 34.2 Å². The second-order valence-electron chi connectivity index (χ2n) is 8.49. The molecule has 3 aromatic rings. The summed E-state index contributed by atoms with van der Waals surface area (Å²) < 4.78 is 1.56. The molecule has 0 saturated heterocycles. The molecule has 1 aliphatic rings. The molecule has 0 radical (unpaired) electrons. The highest BCUT2D eigenvalue weighted by Gasteiger charge is 2.33. The van der Waals surface area contributed by atoms with Gasteiger partial charge in [0.1, 0.15) is 0 Å². The van der Waals surface area contributed by atoms with Crippen molar-refractivity contribution in [1.29, 1.82) is 0 Å². The smallest absolute Gasteiger partial charge is 0.337 e. The number of hydrogen-bond donors (Lipinski definition) is 3. The Bertz CT molecular complexity index is 1180. The Morgan fingerprint density at radius 2 is 2.10 bits per heavy atom. The predicted molar refractivity (Wildman–Crippen MR) is 119 cm³/mol. The number of carboxylic acids is 1. The van der Waals surface area contributed by atoms with Crippen molar-refractivity contribution >= 4 is 17.3 Å². The lowest BCUT2D eigenvalue weighted by Gasteiger charge is -2.29. The molecule has 4 rings (SSSR count). The Labute approximate surface area is 179 Å². The van der Waals surface area contributed by atoms with E-state index in [9.17, 15) is 14.7 Å². The van der Waals surface area contributed by atoms with Crippen molar-refractivity contribution in [1.82, 2.24) is 9.99 Å². The molecule has 1 aliphatic carbocycles. The molecule has 2 heterocycles. The van der Waals surface area contributed by atoms with Gasteiger partial charge in [0.05, 0.1) is 5.56 Å². The summed E-state index contributed by atoms with van der Waals surface area (Å²) in [5, 5.41) is 10.1. The van der Waals surface area contributed by atoms with E-state index >= 15 is 0 Å². The summed E-state index contributed by atoms with van der Waals surface area (Å²) in [6, 6.07) is 10.7. The predicted octanol–water partition coefficient (Wildman–Crippen LogP) is 3.74. The van der Waals surface area contributed by atoms with E-state index < -0.39 is 5.97 Å². The van der Waals surface area contributed by atoms with Gasteiger partial charge in [-0.25, -0.2) is 4.79 Å². The topological polar surface area (TPSA) is 97.4 Å². The van der Waals surface area contributed by atoms with Crippen LogP contribution in [-0.2, 0) is 19.4 Å². The van der Waals surface area contributed by atoms with Crippen molar-refractivity contribution in [2.45, 2.75) is 39.7 Å². The number of carbonyl (C=O) groups is 1. The number of rotatable bonds is 5. The number of fused-ring (bicyclic) bond motifs is 1. The van der Waals surface area contributed by atoms with Crippen LogP contribution in [0.15, 0.2) is 47.4 Å². The van der Waals surface area contributed by atoms with Crippen LogP contribution < -0.4 is 16.8 Å². The summed E-state index contributed by atoms with van der Waals surface area (Å²) in [5.74, 6) is 4.73. The Hall–Kier alpha value is -2.74. The fourth-order valence-corrected chi connectivity index (χ4v) is 5.55. The maximum atomic E-state index is 12.3. The van der Waals surface area contributed by atoms with E-state index in [2.05, 4.69) is 19.3 Å². The molecule has 0 spiro atoms. The monoisotopic (exact) mass is 423 g/mol. The summed E-state index contributed by atoms with van der Waals surface area (Å²) >= 11 is 1.57. The van der Waals surface area contributed by atoms with Crippen LogP contribution in [0.5, 0.6) is 0 Å². The summed E-state index contributed by atoms with van der Waals surface area (Å²) in [6.07, 6.45) is 4.43. The highest BCUT2D eigenvalue weighted by molar-refractivity contribution is 7.16. The second-order valence-corrected chi connectivity index (χ2v) is 9.59. The van der Waals surface area contributed by atoms with Crippen molar-refractivity contribution in [2.75, 3.05) is 0 Å². The van der Waals surface area contributed by atoms with Crippen LogP contribution in [0.25, 0.3) is 16.1 Å². The number of hydrazine groups is 1. The first-order valence-corrected chi connectivity index (χ1v) is 10.7. The first kappa shape index (κ1) is 20.5. The Morgan fingerprint density at radius 1 is 1.30 bits per heavy atom. The molecule has 0 aliphatic heterocycles. The fraction of sp³-hybridized carbons (Fsp3) is 0.304. The summed E-state index contributed by atoms with van der Waals surface area (Å²) in [6.45, 7) is 4.74. The lowest BCUT2D eigenvalue weighted by atomic mass is 9.76. The maximum Gasteiger partial charge on any atom is 0.337 e. The number of aromatic nitrogens is 1. The van der Waals surface area contributed by atoms with E-state index in [1.807, 2.05) is 18.2 Å². The van der Waals surface area contributed by atoms with Crippen LogP contribution in [0, 0.1) is 5.41 Å². The molecule has 1 aromatic carbocycles. The molecule has 2 aromatic heterocycles. The van der Waals surface area contributed by atoms with Gasteiger partial charge in [0.15, 0.2) is 0 Å². The zero-order valence-electron chi connectivity index (χ0n) is 17.1. The summed E-state index contributed by atoms with van der Waals surface area (Å²) in [7, 11) is 0. The Kier molecular flexibility index (Phi) is 5.36. The average molecular weight is 424 g/mol. The SMILES string of the molecule is CC1(C)CCc2sc(-c3ccc(-n4ccccc4=O)cc3CNN)c(C(=O)O)c2C1. The van der Waals surface area contributed by atoms with Crippen LogP contribution >= 0.6 is 11.3 Å². The van der Waals surface area contributed by atoms with Gasteiger partial charge in [-0.3, -0.25) is 20.6 Å². The van der Waals surface area contributed by atoms with E-state index in [-0.39, 0.29) is 11.0 Å². The summed E-state index contributed by atoms with van der Waals surface area (Å²) in [4.78, 5) is 26.4. The Morgan fingerprint density at radius 3 is 2.80 bits per heavy atom. The van der Waals surface area contributed by atoms with Crippen molar-refractivity contribution in [3.05, 3.63) is 74.5 Å². The number of pyridine rings is 1. The number of aryl methyl sites for hydroxylation is 1. The molecule has 0 bridgehead atoms. The van der Waals surface area contributed by atoms with E-state index in [0.717, 1.165) is 45.7 Å². The molecule has 0 atom stereocenters. The lowest BCUT2D eigenvalue weighted by molar-refractivity contribution is 0.0696. The minimum Gasteiger partial charge on any atom is -0.478 e. The number of nitrogens with zero attached hydrogens (tertiary/aromatic N) is 1. The van der Waals surface area contributed by atoms with E-state index in [4.69, 9.17) is 5.84 Å². The third kappa shape index (κ3) is 3.71. The molecule has 0 fully saturated rings. The van der Waals surface area contributed by atoms with Gasteiger partial charge in [0.25, 0.3) is 5.56 Å². The number of nitrogens with one attached hydrogen (secondary N) is 1. The zero-order chi connectivity index (χ0) is 21.5. The number of thiophene rings is 1. The lowest BCUT2D eigenvalue weighted by Crippen LogP contribution is -2.23. The molecule has 0 saturated carbocycles. The van der Waals surface area contributed by atoms with Crippen LogP contribution in [0.2, 0.25) is 0 Å². The number of aromatic carboxylic acids is 1. The third-order valence-electron chi connectivity index (χ3n) is 5.72. The van der Waals surface area contributed by atoms with Crippen molar-refractivity contribution in [3.63, 3.8) is 0 Å². The van der Waals surface area contributed by atoms with Gasteiger partial charge < -0.3 is 5.11 Å². The van der Waals surface area contributed by atoms with E-state index in [1.165, 1.54) is 6.07 Å². The average Bonchev–Trinajstić information content (AvgIpc) is 3.06. The van der Waals surface area contributed by atoms with Crippen molar-refractivity contribution in [2.24, 2.45) is 11.3 Å². The number of nitrogens with two attached hydrogens (primary N) is 1. The van der Waals surface area contributed by atoms with Crippen LogP contribution in [0.4, 0.5) is 0 Å².